The van der Waals surface area contributed by atoms with Gasteiger partial charge in [0.25, 0.3) is 11.8 Å². The molecular weight excluding hydrogens is 332 g/mol. The van der Waals surface area contributed by atoms with Gasteiger partial charge in [0, 0.05) is 0 Å². The SMILES string of the molecule is Cc1cc(-c2nnc(COC(=O)c3cccc4ccccc34)o2)c(C)o1. The fourth-order valence-corrected chi connectivity index (χ4v) is 2.87. The van der Waals surface area contributed by atoms with Crippen molar-refractivity contribution in [1.82, 2.24) is 10.2 Å². The van der Waals surface area contributed by atoms with Crippen LogP contribution in [0.15, 0.2) is 57.4 Å². The fraction of sp³-hybridized carbons (Fsp3) is 0.150. The summed E-state index contributed by atoms with van der Waals surface area (Å²) >= 11 is 0. The van der Waals surface area contributed by atoms with Crippen molar-refractivity contribution in [2.75, 3.05) is 0 Å². The van der Waals surface area contributed by atoms with Crippen LogP contribution in [0.25, 0.3) is 22.2 Å². The molecule has 0 atom stereocenters. The van der Waals surface area contributed by atoms with Crippen molar-refractivity contribution in [2.24, 2.45) is 0 Å². The first-order chi connectivity index (χ1) is 12.6. The molecule has 4 rings (SSSR count). The van der Waals surface area contributed by atoms with Crippen LogP contribution in [0.3, 0.4) is 0 Å². The maximum atomic E-state index is 12.4. The highest BCUT2D eigenvalue weighted by atomic mass is 16.5. The number of aryl methyl sites for hydroxylation is 2. The number of carbonyl (C=O) groups is 1. The van der Waals surface area contributed by atoms with Crippen molar-refractivity contribution < 1.29 is 18.4 Å². The first-order valence-corrected chi connectivity index (χ1v) is 8.16. The highest BCUT2D eigenvalue weighted by molar-refractivity contribution is 6.04. The zero-order valence-corrected chi connectivity index (χ0v) is 14.4. The molecule has 0 bridgehead atoms. The minimum Gasteiger partial charge on any atom is -0.466 e. The van der Waals surface area contributed by atoms with Crippen LogP contribution < -0.4 is 0 Å². The number of rotatable bonds is 4. The maximum Gasteiger partial charge on any atom is 0.339 e. The standard InChI is InChI=1S/C20H16N2O4/c1-12-10-17(13(2)25-12)19-22-21-18(26-19)11-24-20(23)16-9-5-7-14-6-3-4-8-15(14)16/h3-10H,11H2,1-2H3. The lowest BCUT2D eigenvalue weighted by Gasteiger charge is -2.05. The van der Waals surface area contributed by atoms with E-state index in [1.807, 2.05) is 56.3 Å². The Labute approximate surface area is 149 Å². The van der Waals surface area contributed by atoms with Crippen LogP contribution in [0.2, 0.25) is 0 Å². The molecule has 6 nitrogen and oxygen atoms in total. The molecule has 4 aromatic rings. The van der Waals surface area contributed by atoms with Gasteiger partial charge in [0.1, 0.15) is 11.5 Å². The number of fused-ring (bicyclic) bond motifs is 1. The topological polar surface area (TPSA) is 78.4 Å². The summed E-state index contributed by atoms with van der Waals surface area (Å²) in [5.41, 5.74) is 1.24. The molecule has 2 aromatic heterocycles. The van der Waals surface area contributed by atoms with Crippen molar-refractivity contribution in [2.45, 2.75) is 20.5 Å². The molecular formula is C20H16N2O4. The Morgan fingerprint density at radius 2 is 1.85 bits per heavy atom. The second kappa shape index (κ2) is 6.48. The number of nitrogens with zero attached hydrogens (tertiary/aromatic N) is 2. The Balaban J connectivity index is 1.51. The summed E-state index contributed by atoms with van der Waals surface area (Å²) < 4.78 is 16.4. The summed E-state index contributed by atoms with van der Waals surface area (Å²) in [5.74, 6) is 1.60. The van der Waals surface area contributed by atoms with Gasteiger partial charge in [0.2, 0.25) is 0 Å². The highest BCUT2D eigenvalue weighted by Gasteiger charge is 2.17. The Kier molecular flexibility index (Phi) is 4.01. The molecule has 0 spiro atoms. The number of ether oxygens (including phenoxy) is 1. The van der Waals surface area contributed by atoms with E-state index in [1.165, 1.54) is 0 Å². The smallest absolute Gasteiger partial charge is 0.339 e. The number of hydrogen-bond acceptors (Lipinski definition) is 6. The number of hydrogen-bond donors (Lipinski definition) is 0. The molecule has 0 amide bonds. The van der Waals surface area contributed by atoms with E-state index in [0.29, 0.717) is 17.2 Å². The van der Waals surface area contributed by atoms with E-state index >= 15 is 0 Å². The predicted octanol–water partition coefficient (Wildman–Crippen LogP) is 4.46. The van der Waals surface area contributed by atoms with Crippen LogP contribution in [-0.4, -0.2) is 16.2 Å². The molecule has 2 heterocycles. The van der Waals surface area contributed by atoms with Crippen molar-refractivity contribution in [3.63, 3.8) is 0 Å². The van der Waals surface area contributed by atoms with Gasteiger partial charge in [-0.3, -0.25) is 0 Å². The largest absolute Gasteiger partial charge is 0.466 e. The molecule has 0 saturated carbocycles. The lowest BCUT2D eigenvalue weighted by molar-refractivity contribution is 0.0441. The average Bonchev–Trinajstić information content (AvgIpc) is 3.25. The van der Waals surface area contributed by atoms with E-state index in [4.69, 9.17) is 13.6 Å². The van der Waals surface area contributed by atoms with Crippen LogP contribution in [0.4, 0.5) is 0 Å². The van der Waals surface area contributed by atoms with Crippen molar-refractivity contribution in [1.29, 1.82) is 0 Å². The Morgan fingerprint density at radius 1 is 1.04 bits per heavy atom. The normalized spacial score (nSPS) is 11.0. The van der Waals surface area contributed by atoms with E-state index in [9.17, 15) is 4.79 Å². The number of benzene rings is 2. The monoisotopic (exact) mass is 348 g/mol. The van der Waals surface area contributed by atoms with Gasteiger partial charge < -0.3 is 13.6 Å². The van der Waals surface area contributed by atoms with Gasteiger partial charge in [0.05, 0.1) is 11.1 Å². The molecule has 0 aliphatic heterocycles. The summed E-state index contributed by atoms with van der Waals surface area (Å²) in [6, 6.07) is 15.0. The van der Waals surface area contributed by atoms with Crippen LogP contribution in [0, 0.1) is 13.8 Å². The molecule has 2 aromatic carbocycles. The zero-order valence-electron chi connectivity index (χ0n) is 14.4. The van der Waals surface area contributed by atoms with Gasteiger partial charge in [-0.05, 0) is 36.8 Å². The molecule has 0 saturated heterocycles. The summed E-state index contributed by atoms with van der Waals surface area (Å²) in [6.45, 7) is 3.58. The van der Waals surface area contributed by atoms with Crippen LogP contribution >= 0.6 is 0 Å². The summed E-state index contributed by atoms with van der Waals surface area (Å²) in [6.07, 6.45) is 0. The Morgan fingerprint density at radius 3 is 2.65 bits per heavy atom. The van der Waals surface area contributed by atoms with Gasteiger partial charge in [-0.2, -0.15) is 0 Å². The number of furan rings is 1. The minimum absolute atomic E-state index is 0.0923. The second-order valence-corrected chi connectivity index (χ2v) is 5.93. The van der Waals surface area contributed by atoms with Crippen LogP contribution in [-0.2, 0) is 11.3 Å². The van der Waals surface area contributed by atoms with E-state index in [1.54, 1.807) is 6.07 Å². The third kappa shape index (κ3) is 2.97. The Hall–Kier alpha value is -3.41. The van der Waals surface area contributed by atoms with E-state index < -0.39 is 5.97 Å². The lowest BCUT2D eigenvalue weighted by atomic mass is 10.1. The molecule has 0 N–H and O–H groups in total. The van der Waals surface area contributed by atoms with Gasteiger partial charge in [-0.25, -0.2) is 4.79 Å². The second-order valence-electron chi connectivity index (χ2n) is 5.93. The summed E-state index contributed by atoms with van der Waals surface area (Å²) in [7, 11) is 0. The number of esters is 1. The van der Waals surface area contributed by atoms with Crippen LogP contribution in [0.5, 0.6) is 0 Å². The van der Waals surface area contributed by atoms with E-state index in [2.05, 4.69) is 10.2 Å². The van der Waals surface area contributed by atoms with Crippen LogP contribution in [0.1, 0.15) is 27.8 Å². The predicted molar refractivity (Wildman–Crippen MR) is 94.5 cm³/mol. The quantitative estimate of drug-likeness (QED) is 0.507. The molecule has 26 heavy (non-hydrogen) atoms. The van der Waals surface area contributed by atoms with Gasteiger partial charge in [-0.1, -0.05) is 36.4 Å². The van der Waals surface area contributed by atoms with Crippen molar-refractivity contribution >= 4 is 16.7 Å². The van der Waals surface area contributed by atoms with E-state index in [-0.39, 0.29) is 12.5 Å². The average molecular weight is 348 g/mol. The molecule has 0 aliphatic carbocycles. The molecule has 0 radical (unpaired) electrons. The number of carbonyl (C=O) groups excluding carboxylic acids is 1. The maximum absolute atomic E-state index is 12.4. The molecule has 130 valence electrons. The third-order valence-corrected chi connectivity index (χ3v) is 4.07. The first-order valence-electron chi connectivity index (χ1n) is 8.16. The lowest BCUT2D eigenvalue weighted by Crippen LogP contribution is -2.06. The highest BCUT2D eigenvalue weighted by Crippen LogP contribution is 2.25. The van der Waals surface area contributed by atoms with Crippen molar-refractivity contribution in [3.05, 3.63) is 71.5 Å². The van der Waals surface area contributed by atoms with E-state index in [0.717, 1.165) is 22.1 Å². The molecule has 0 unspecified atom stereocenters. The van der Waals surface area contributed by atoms with Gasteiger partial charge >= 0.3 is 5.97 Å². The van der Waals surface area contributed by atoms with Crippen molar-refractivity contribution in [3.8, 4) is 11.5 Å². The third-order valence-electron chi connectivity index (χ3n) is 4.07. The molecule has 0 aliphatic rings. The minimum atomic E-state index is -0.433. The molecule has 6 heteroatoms. The summed E-state index contributed by atoms with van der Waals surface area (Å²) in [4.78, 5) is 12.4. The fourth-order valence-electron chi connectivity index (χ4n) is 2.87. The van der Waals surface area contributed by atoms with Gasteiger partial charge in [0.15, 0.2) is 6.61 Å². The zero-order chi connectivity index (χ0) is 18.1. The van der Waals surface area contributed by atoms with Gasteiger partial charge in [-0.15, -0.1) is 10.2 Å². The summed E-state index contributed by atoms with van der Waals surface area (Å²) in [5, 5.41) is 9.75. The Bertz CT molecular complexity index is 1090. The first kappa shape index (κ1) is 16.1. The number of aromatic nitrogens is 2. The molecule has 0 fully saturated rings.